The van der Waals surface area contributed by atoms with Gasteiger partial charge in [-0.25, -0.2) is 0 Å². The SMILES string of the molecule is CCOc1cc(CNc2ccc(OC)cc2)c(Cl)cc1OCC(=O)NC(C)(C)C. The Balaban J connectivity index is 2.08. The van der Waals surface area contributed by atoms with Crippen molar-refractivity contribution in [2.75, 3.05) is 25.6 Å². The molecule has 0 aliphatic rings. The summed E-state index contributed by atoms with van der Waals surface area (Å²) in [5.41, 5.74) is 1.48. The van der Waals surface area contributed by atoms with E-state index in [1.165, 1.54) is 0 Å². The molecule has 0 saturated carbocycles. The zero-order valence-electron chi connectivity index (χ0n) is 17.6. The van der Waals surface area contributed by atoms with E-state index in [0.29, 0.717) is 29.7 Å². The fourth-order valence-corrected chi connectivity index (χ4v) is 2.82. The Labute approximate surface area is 177 Å². The van der Waals surface area contributed by atoms with Crippen molar-refractivity contribution < 1.29 is 19.0 Å². The van der Waals surface area contributed by atoms with Crippen molar-refractivity contribution >= 4 is 23.2 Å². The van der Waals surface area contributed by atoms with E-state index in [2.05, 4.69) is 10.6 Å². The van der Waals surface area contributed by atoms with Crippen LogP contribution in [0.15, 0.2) is 36.4 Å². The van der Waals surface area contributed by atoms with Crippen LogP contribution in [0, 0.1) is 0 Å². The predicted octanol–water partition coefficient (Wildman–Crippen LogP) is 4.65. The Morgan fingerprint density at radius 2 is 1.72 bits per heavy atom. The standard InChI is InChI=1S/C22H29ClN2O4/c1-6-28-19-11-15(13-24-16-7-9-17(27-5)10-8-16)18(23)12-20(19)29-14-21(26)25-22(2,3)4/h7-12,24H,6,13-14H2,1-5H3,(H,25,26). The number of ether oxygens (including phenoxy) is 3. The Bertz CT molecular complexity index is 817. The molecule has 0 aliphatic heterocycles. The molecule has 2 N–H and O–H groups in total. The summed E-state index contributed by atoms with van der Waals surface area (Å²) in [5.74, 6) is 1.58. The molecule has 0 radical (unpaired) electrons. The zero-order chi connectivity index (χ0) is 21.4. The van der Waals surface area contributed by atoms with Gasteiger partial charge >= 0.3 is 0 Å². The van der Waals surface area contributed by atoms with Gasteiger partial charge in [0, 0.05) is 28.9 Å². The molecular weight excluding hydrogens is 392 g/mol. The van der Waals surface area contributed by atoms with Gasteiger partial charge in [0.1, 0.15) is 5.75 Å². The van der Waals surface area contributed by atoms with Gasteiger partial charge in [-0.3, -0.25) is 4.79 Å². The maximum Gasteiger partial charge on any atom is 0.258 e. The highest BCUT2D eigenvalue weighted by Crippen LogP contribution is 2.34. The average molecular weight is 421 g/mol. The lowest BCUT2D eigenvalue weighted by molar-refractivity contribution is -0.124. The second-order valence-electron chi connectivity index (χ2n) is 7.49. The summed E-state index contributed by atoms with van der Waals surface area (Å²) in [7, 11) is 1.63. The third kappa shape index (κ3) is 7.38. The number of benzene rings is 2. The molecule has 29 heavy (non-hydrogen) atoms. The second kappa shape index (κ2) is 10.3. The highest BCUT2D eigenvalue weighted by atomic mass is 35.5. The van der Waals surface area contributed by atoms with E-state index in [4.69, 9.17) is 25.8 Å². The number of hydrogen-bond acceptors (Lipinski definition) is 5. The van der Waals surface area contributed by atoms with E-state index in [9.17, 15) is 4.79 Å². The molecule has 6 nitrogen and oxygen atoms in total. The third-order valence-corrected chi connectivity index (χ3v) is 4.21. The van der Waals surface area contributed by atoms with Crippen molar-refractivity contribution in [1.82, 2.24) is 5.32 Å². The first-order valence-electron chi connectivity index (χ1n) is 9.48. The summed E-state index contributed by atoms with van der Waals surface area (Å²) in [4.78, 5) is 12.0. The molecule has 0 aliphatic carbocycles. The summed E-state index contributed by atoms with van der Waals surface area (Å²) in [6, 6.07) is 11.1. The number of rotatable bonds is 9. The third-order valence-electron chi connectivity index (χ3n) is 3.86. The quantitative estimate of drug-likeness (QED) is 0.617. The summed E-state index contributed by atoms with van der Waals surface area (Å²) in [6.07, 6.45) is 0. The van der Waals surface area contributed by atoms with Gasteiger partial charge in [-0.05, 0) is 63.6 Å². The van der Waals surface area contributed by atoms with Crippen LogP contribution < -0.4 is 24.8 Å². The largest absolute Gasteiger partial charge is 0.497 e. The van der Waals surface area contributed by atoms with E-state index >= 15 is 0 Å². The lowest BCUT2D eigenvalue weighted by Crippen LogP contribution is -2.43. The Morgan fingerprint density at radius 3 is 2.31 bits per heavy atom. The monoisotopic (exact) mass is 420 g/mol. The van der Waals surface area contributed by atoms with Gasteiger partial charge in [-0.2, -0.15) is 0 Å². The van der Waals surface area contributed by atoms with Crippen LogP contribution in [0.5, 0.6) is 17.2 Å². The molecule has 2 rings (SSSR count). The molecule has 7 heteroatoms. The summed E-state index contributed by atoms with van der Waals surface area (Å²) < 4.78 is 16.5. The van der Waals surface area contributed by atoms with Crippen molar-refractivity contribution in [1.29, 1.82) is 0 Å². The van der Waals surface area contributed by atoms with Crippen LogP contribution in [-0.2, 0) is 11.3 Å². The van der Waals surface area contributed by atoms with Gasteiger partial charge in [-0.1, -0.05) is 11.6 Å². The number of hydrogen-bond donors (Lipinski definition) is 2. The Hall–Kier alpha value is -2.60. The number of nitrogens with one attached hydrogen (secondary N) is 2. The Morgan fingerprint density at radius 1 is 1.07 bits per heavy atom. The van der Waals surface area contributed by atoms with Crippen molar-refractivity contribution in [2.24, 2.45) is 0 Å². The van der Waals surface area contributed by atoms with Gasteiger partial charge in [0.2, 0.25) is 0 Å². The molecule has 0 bridgehead atoms. The smallest absolute Gasteiger partial charge is 0.258 e. The van der Waals surface area contributed by atoms with E-state index in [0.717, 1.165) is 17.0 Å². The zero-order valence-corrected chi connectivity index (χ0v) is 18.4. The summed E-state index contributed by atoms with van der Waals surface area (Å²) in [6.45, 7) is 8.50. The van der Waals surface area contributed by atoms with Crippen LogP contribution in [0.1, 0.15) is 33.3 Å². The van der Waals surface area contributed by atoms with Gasteiger partial charge in [-0.15, -0.1) is 0 Å². The molecular formula is C22H29ClN2O4. The molecule has 0 unspecified atom stereocenters. The van der Waals surface area contributed by atoms with Crippen molar-refractivity contribution in [3.05, 3.63) is 47.0 Å². The van der Waals surface area contributed by atoms with Gasteiger partial charge in [0.25, 0.3) is 5.91 Å². The minimum absolute atomic E-state index is 0.114. The predicted molar refractivity (Wildman–Crippen MR) is 116 cm³/mol. The molecule has 2 aromatic rings. The highest BCUT2D eigenvalue weighted by Gasteiger charge is 2.16. The molecule has 0 saturated heterocycles. The topological polar surface area (TPSA) is 68.8 Å². The molecule has 0 aromatic heterocycles. The molecule has 158 valence electrons. The first-order valence-corrected chi connectivity index (χ1v) is 9.86. The lowest BCUT2D eigenvalue weighted by atomic mass is 10.1. The summed E-state index contributed by atoms with van der Waals surface area (Å²) >= 11 is 6.44. The van der Waals surface area contributed by atoms with Crippen molar-refractivity contribution in [3.8, 4) is 17.2 Å². The number of halogens is 1. The van der Waals surface area contributed by atoms with Gasteiger partial charge < -0.3 is 24.8 Å². The van der Waals surface area contributed by atoms with E-state index in [1.807, 2.05) is 58.0 Å². The fourth-order valence-electron chi connectivity index (χ4n) is 2.60. The normalized spacial score (nSPS) is 11.0. The number of amides is 1. The summed E-state index contributed by atoms with van der Waals surface area (Å²) in [5, 5.41) is 6.70. The number of carbonyl (C=O) groups is 1. The van der Waals surface area contributed by atoms with E-state index in [-0.39, 0.29) is 18.1 Å². The maximum atomic E-state index is 12.0. The molecule has 0 fully saturated rings. The Kier molecular flexibility index (Phi) is 8.02. The highest BCUT2D eigenvalue weighted by molar-refractivity contribution is 6.31. The molecule has 1 amide bonds. The minimum Gasteiger partial charge on any atom is -0.497 e. The molecule has 0 heterocycles. The van der Waals surface area contributed by atoms with Crippen LogP contribution in [0.4, 0.5) is 5.69 Å². The molecule has 0 atom stereocenters. The van der Waals surface area contributed by atoms with Gasteiger partial charge in [0.05, 0.1) is 13.7 Å². The van der Waals surface area contributed by atoms with E-state index in [1.54, 1.807) is 13.2 Å². The second-order valence-corrected chi connectivity index (χ2v) is 7.90. The molecule has 2 aromatic carbocycles. The first kappa shape index (κ1) is 22.7. The van der Waals surface area contributed by atoms with Crippen LogP contribution in [0.25, 0.3) is 0 Å². The van der Waals surface area contributed by atoms with Crippen molar-refractivity contribution in [2.45, 2.75) is 39.8 Å². The molecule has 0 spiro atoms. The van der Waals surface area contributed by atoms with Crippen molar-refractivity contribution in [3.63, 3.8) is 0 Å². The lowest BCUT2D eigenvalue weighted by Gasteiger charge is -2.21. The fraction of sp³-hybridized carbons (Fsp3) is 0.409. The van der Waals surface area contributed by atoms with Crippen LogP contribution >= 0.6 is 11.6 Å². The number of carbonyl (C=O) groups excluding carboxylic acids is 1. The van der Waals surface area contributed by atoms with Gasteiger partial charge in [0.15, 0.2) is 18.1 Å². The first-order chi connectivity index (χ1) is 13.7. The van der Waals surface area contributed by atoms with Crippen LogP contribution in [-0.4, -0.2) is 31.8 Å². The number of anilines is 1. The van der Waals surface area contributed by atoms with Crippen LogP contribution in [0.2, 0.25) is 5.02 Å². The van der Waals surface area contributed by atoms with E-state index < -0.39 is 0 Å². The average Bonchev–Trinajstić information content (AvgIpc) is 2.66. The van der Waals surface area contributed by atoms with Crippen LogP contribution in [0.3, 0.4) is 0 Å². The number of methoxy groups -OCH3 is 1. The maximum absolute atomic E-state index is 12.0. The minimum atomic E-state index is -0.322.